The third kappa shape index (κ3) is 8.95. The summed E-state index contributed by atoms with van der Waals surface area (Å²) in [4.78, 5) is 17.1. The van der Waals surface area contributed by atoms with E-state index in [0.29, 0.717) is 0 Å². The van der Waals surface area contributed by atoms with Gasteiger partial charge in [0.2, 0.25) is 0 Å². The van der Waals surface area contributed by atoms with E-state index >= 15 is 0 Å². The van der Waals surface area contributed by atoms with Gasteiger partial charge in [0.05, 0.1) is 0 Å². The molecule has 271 valence electrons. The van der Waals surface area contributed by atoms with Crippen molar-refractivity contribution in [3.8, 4) is 11.3 Å². The first-order chi connectivity index (χ1) is 22.9. The number of rotatable bonds is 9. The maximum absolute atomic E-state index is 12.2. The van der Waals surface area contributed by atoms with E-state index in [9.17, 15) is 9.90 Å². The van der Waals surface area contributed by atoms with Crippen molar-refractivity contribution >= 4 is 48.8 Å². The zero-order valence-electron chi connectivity index (χ0n) is 32.4. The number of aromatic nitrogens is 1. The number of carbonyl (C=O) groups excluding carboxylic acids is 1. The van der Waals surface area contributed by atoms with E-state index in [1.54, 1.807) is 0 Å². The van der Waals surface area contributed by atoms with Crippen molar-refractivity contribution < 1.29 is 30.0 Å². The van der Waals surface area contributed by atoms with Crippen LogP contribution >= 0.6 is 11.3 Å². The van der Waals surface area contributed by atoms with Gasteiger partial charge in [-0.2, -0.15) is 0 Å². The van der Waals surface area contributed by atoms with Crippen molar-refractivity contribution in [2.24, 2.45) is 16.2 Å². The number of aliphatic hydroxyl groups is 1. The Morgan fingerprint density at radius 2 is 1.46 bits per heavy atom. The number of nitrogens with zero attached hydrogens (tertiary/aromatic N) is 1. The number of hydrogen-bond acceptors (Lipinski definition) is 4. The summed E-state index contributed by atoms with van der Waals surface area (Å²) in [6.07, 6.45) is 7.77. The van der Waals surface area contributed by atoms with Crippen LogP contribution < -0.4 is 0 Å². The van der Waals surface area contributed by atoms with E-state index in [1.165, 1.54) is 43.4 Å². The third-order valence-corrected chi connectivity index (χ3v) is 11.8. The molecule has 0 fully saturated rings. The standard InChI is InChI=1S/C30H30NS.C15H28O2.Ir/c1-29(2,3)17-22-18-32-28-24(22)12-11-19-13-14-31-27(26(19)28)21-15-20-9-7-8-10-23(20)25(16-21)30(4,5)6;1-7-14(5,8-2)12(16)11-13(17)15(6,9-3)10-4;/h7-14,16,18H,17H2,1-6H3;11,16H,7-10H2,1-6H3;/q-1;;/b;12-11-;. The van der Waals surface area contributed by atoms with Crippen molar-refractivity contribution in [3.05, 3.63) is 89.1 Å². The monoisotopic (exact) mass is 869 g/mol. The minimum Gasteiger partial charge on any atom is -0.512 e. The van der Waals surface area contributed by atoms with Crippen LogP contribution in [0.4, 0.5) is 0 Å². The topological polar surface area (TPSA) is 50.2 Å². The maximum Gasteiger partial charge on any atom is 0.164 e. The smallest absolute Gasteiger partial charge is 0.164 e. The van der Waals surface area contributed by atoms with Crippen LogP contribution in [0, 0.1) is 22.3 Å². The molecule has 3 nitrogen and oxygen atoms in total. The van der Waals surface area contributed by atoms with Gasteiger partial charge in [-0.15, -0.1) is 40.5 Å². The van der Waals surface area contributed by atoms with E-state index in [1.807, 2.05) is 59.1 Å². The van der Waals surface area contributed by atoms with Crippen LogP contribution in [0.2, 0.25) is 0 Å². The molecule has 0 amide bonds. The minimum atomic E-state index is -0.337. The molecule has 50 heavy (non-hydrogen) atoms. The molecule has 2 heterocycles. The van der Waals surface area contributed by atoms with Gasteiger partial charge in [-0.05, 0) is 76.1 Å². The van der Waals surface area contributed by atoms with Crippen molar-refractivity contribution in [2.75, 3.05) is 0 Å². The van der Waals surface area contributed by atoms with E-state index in [0.717, 1.165) is 48.7 Å². The molecule has 0 atom stereocenters. The van der Waals surface area contributed by atoms with Crippen molar-refractivity contribution in [2.45, 2.75) is 121 Å². The van der Waals surface area contributed by atoms with Crippen LogP contribution in [-0.2, 0) is 36.7 Å². The molecule has 0 bridgehead atoms. The summed E-state index contributed by atoms with van der Waals surface area (Å²) in [5.74, 6) is 0.286. The van der Waals surface area contributed by atoms with Gasteiger partial charge in [0.25, 0.3) is 0 Å². The van der Waals surface area contributed by atoms with Crippen LogP contribution in [0.5, 0.6) is 0 Å². The third-order valence-electron chi connectivity index (χ3n) is 10.7. The van der Waals surface area contributed by atoms with E-state index in [4.69, 9.17) is 4.98 Å². The Morgan fingerprint density at radius 3 is 2.04 bits per heavy atom. The maximum atomic E-state index is 12.2. The predicted molar refractivity (Wildman–Crippen MR) is 214 cm³/mol. The molecular weight excluding hydrogens is 811 g/mol. The Balaban J connectivity index is 0.000000323. The van der Waals surface area contributed by atoms with Crippen molar-refractivity contribution in [1.82, 2.24) is 4.98 Å². The average molecular weight is 869 g/mol. The van der Waals surface area contributed by atoms with Crippen LogP contribution in [0.3, 0.4) is 0 Å². The van der Waals surface area contributed by atoms with E-state index in [2.05, 4.69) is 102 Å². The summed E-state index contributed by atoms with van der Waals surface area (Å²) in [5, 5.41) is 18.8. The Labute approximate surface area is 319 Å². The molecule has 0 saturated heterocycles. The summed E-state index contributed by atoms with van der Waals surface area (Å²) in [7, 11) is 0. The number of pyridine rings is 1. The number of benzene rings is 3. The first-order valence-electron chi connectivity index (χ1n) is 18.1. The average Bonchev–Trinajstić information content (AvgIpc) is 3.47. The molecule has 2 aromatic heterocycles. The fourth-order valence-corrected chi connectivity index (χ4v) is 7.51. The number of ketones is 1. The van der Waals surface area contributed by atoms with Gasteiger partial charge >= 0.3 is 0 Å². The van der Waals surface area contributed by atoms with Gasteiger partial charge in [-0.3, -0.25) is 9.78 Å². The van der Waals surface area contributed by atoms with Crippen molar-refractivity contribution in [3.63, 3.8) is 0 Å². The molecule has 0 unspecified atom stereocenters. The molecule has 1 N–H and O–H groups in total. The summed E-state index contributed by atoms with van der Waals surface area (Å²) in [6, 6.07) is 21.3. The number of allylic oxidation sites excluding steroid dienone is 2. The predicted octanol–water partition coefficient (Wildman–Crippen LogP) is 13.6. The van der Waals surface area contributed by atoms with E-state index in [-0.39, 0.29) is 53.3 Å². The quantitative estimate of drug-likeness (QED) is 0.0912. The van der Waals surface area contributed by atoms with Crippen LogP contribution in [0.15, 0.2) is 71.9 Å². The van der Waals surface area contributed by atoms with Gasteiger partial charge in [0, 0.05) is 53.6 Å². The number of aliphatic hydroxyl groups excluding tert-OH is 1. The minimum absolute atomic E-state index is 0. The van der Waals surface area contributed by atoms with Gasteiger partial charge < -0.3 is 5.11 Å². The second-order valence-corrected chi connectivity index (χ2v) is 17.4. The molecule has 0 saturated carbocycles. The Morgan fingerprint density at radius 1 is 0.840 bits per heavy atom. The normalized spacial score (nSPS) is 12.9. The number of thiophene rings is 1. The first-order valence-corrected chi connectivity index (χ1v) is 19.0. The van der Waals surface area contributed by atoms with Crippen LogP contribution in [0.1, 0.15) is 120 Å². The molecule has 1 radical (unpaired) electrons. The molecule has 0 aliphatic heterocycles. The second kappa shape index (κ2) is 16.2. The molecule has 5 rings (SSSR count). The molecule has 3 aromatic carbocycles. The largest absolute Gasteiger partial charge is 0.512 e. The zero-order valence-corrected chi connectivity index (χ0v) is 35.6. The Kier molecular flexibility index (Phi) is 13.5. The second-order valence-electron chi connectivity index (χ2n) is 16.5. The molecular formula is C45H58IrNO2S-. The molecule has 5 aromatic rings. The summed E-state index contributed by atoms with van der Waals surface area (Å²) in [6.45, 7) is 25.9. The summed E-state index contributed by atoms with van der Waals surface area (Å²) < 4.78 is 1.34. The fourth-order valence-electron chi connectivity index (χ4n) is 6.38. The first kappa shape index (κ1) is 41.6. The molecule has 0 aliphatic rings. The molecule has 0 aliphatic carbocycles. The SMILES string of the molecule is CC(C)(C)Cc1csc2c1ccc1ccnc(-c3[c-]c4ccccc4c(C(C)(C)C)c3)c12.CCC(C)(CC)C(=O)/C=C(\O)C(C)(CC)CC.[Ir]. The van der Waals surface area contributed by atoms with Crippen LogP contribution in [0.25, 0.3) is 42.9 Å². The summed E-state index contributed by atoms with van der Waals surface area (Å²) in [5.41, 5.74) is 4.58. The van der Waals surface area contributed by atoms with Crippen molar-refractivity contribution in [1.29, 1.82) is 0 Å². The Bertz CT molecular complexity index is 1960. The van der Waals surface area contributed by atoms with Gasteiger partial charge in [-0.1, -0.05) is 124 Å². The Hall–Kier alpha value is -2.85. The molecule has 0 spiro atoms. The number of carbonyl (C=O) groups is 1. The van der Waals surface area contributed by atoms with E-state index < -0.39 is 0 Å². The van der Waals surface area contributed by atoms with Crippen LogP contribution in [-0.4, -0.2) is 15.9 Å². The van der Waals surface area contributed by atoms with Gasteiger partial charge in [0.1, 0.15) is 5.76 Å². The number of hydrogen-bond donors (Lipinski definition) is 1. The summed E-state index contributed by atoms with van der Waals surface area (Å²) >= 11 is 1.85. The zero-order chi connectivity index (χ0) is 36.4. The van der Waals surface area contributed by atoms with Gasteiger partial charge in [-0.25, -0.2) is 0 Å². The number of fused-ring (bicyclic) bond motifs is 4. The molecule has 5 heteroatoms. The fraction of sp³-hybridized carbons (Fsp3) is 0.467. The van der Waals surface area contributed by atoms with Gasteiger partial charge in [0.15, 0.2) is 5.78 Å².